The molecule has 8 heteroatoms. The van der Waals surface area contributed by atoms with Crippen molar-refractivity contribution < 1.29 is 22.7 Å². The average Bonchev–Trinajstić information content (AvgIpc) is 2.83. The van der Waals surface area contributed by atoms with Crippen LogP contribution < -0.4 is 10.1 Å². The number of aromatic amines is 1. The van der Waals surface area contributed by atoms with Gasteiger partial charge in [-0.05, 0) is 24.3 Å². The second-order valence-electron chi connectivity index (χ2n) is 3.51. The third-order valence-corrected chi connectivity index (χ3v) is 2.11. The summed E-state index contributed by atoms with van der Waals surface area (Å²) in [6, 6.07) is 4.83. The molecule has 1 amide bonds. The smallest absolute Gasteiger partial charge is 0.406 e. The zero-order valence-electron chi connectivity index (χ0n) is 9.36. The van der Waals surface area contributed by atoms with Crippen molar-refractivity contribution in [1.29, 1.82) is 0 Å². The van der Waals surface area contributed by atoms with Gasteiger partial charge in [0.1, 0.15) is 5.75 Å². The fourth-order valence-electron chi connectivity index (χ4n) is 1.32. The predicted molar refractivity (Wildman–Crippen MR) is 59.7 cm³/mol. The minimum absolute atomic E-state index is 0.315. The summed E-state index contributed by atoms with van der Waals surface area (Å²) >= 11 is 0. The number of nitrogens with zero attached hydrogens (tertiary/aromatic N) is 1. The second kappa shape index (κ2) is 5.01. The molecule has 1 aromatic heterocycles. The molecule has 0 aliphatic heterocycles. The molecule has 0 bridgehead atoms. The van der Waals surface area contributed by atoms with E-state index in [2.05, 4.69) is 20.3 Å². The third kappa shape index (κ3) is 3.73. The molecule has 0 radical (unpaired) electrons. The Hall–Kier alpha value is -2.51. The first-order valence-electron chi connectivity index (χ1n) is 5.10. The Labute approximate surface area is 105 Å². The molecular formula is C11H8F3N3O2. The first-order chi connectivity index (χ1) is 8.94. The van der Waals surface area contributed by atoms with E-state index < -0.39 is 12.3 Å². The summed E-state index contributed by atoms with van der Waals surface area (Å²) in [5.74, 6) is -0.771. The van der Waals surface area contributed by atoms with E-state index in [4.69, 9.17) is 0 Å². The van der Waals surface area contributed by atoms with Gasteiger partial charge in [-0.2, -0.15) is 5.10 Å². The first kappa shape index (κ1) is 12.9. The van der Waals surface area contributed by atoms with Gasteiger partial charge in [-0.1, -0.05) is 0 Å². The van der Waals surface area contributed by atoms with E-state index in [0.29, 0.717) is 11.3 Å². The number of rotatable bonds is 3. The molecule has 0 unspecified atom stereocenters. The highest BCUT2D eigenvalue weighted by atomic mass is 19.4. The molecule has 5 nitrogen and oxygen atoms in total. The number of H-pyrrole nitrogens is 1. The summed E-state index contributed by atoms with van der Waals surface area (Å²) in [6.45, 7) is 0. The Kier molecular flexibility index (Phi) is 3.41. The van der Waals surface area contributed by atoms with Crippen molar-refractivity contribution in [3.63, 3.8) is 0 Å². The fourth-order valence-corrected chi connectivity index (χ4v) is 1.32. The second-order valence-corrected chi connectivity index (χ2v) is 3.51. The SMILES string of the molecule is O=C(Nc1ccc(OC(F)(F)F)cc1)c1cn[nH]c1. The molecule has 0 aliphatic carbocycles. The Balaban J connectivity index is 2.01. The van der Waals surface area contributed by atoms with Gasteiger partial charge in [-0.15, -0.1) is 13.2 Å². The summed E-state index contributed by atoms with van der Waals surface area (Å²) in [7, 11) is 0. The van der Waals surface area contributed by atoms with Gasteiger partial charge in [-0.3, -0.25) is 9.89 Å². The summed E-state index contributed by atoms with van der Waals surface area (Å²) in [4.78, 5) is 11.6. The molecule has 0 spiro atoms. The first-order valence-corrected chi connectivity index (χ1v) is 5.10. The van der Waals surface area contributed by atoms with Crippen LogP contribution in [0.4, 0.5) is 18.9 Å². The molecule has 2 aromatic rings. The lowest BCUT2D eigenvalue weighted by molar-refractivity contribution is -0.274. The van der Waals surface area contributed by atoms with Crippen LogP contribution in [0.25, 0.3) is 0 Å². The van der Waals surface area contributed by atoms with Crippen LogP contribution in [0.3, 0.4) is 0 Å². The summed E-state index contributed by atoms with van der Waals surface area (Å²) in [5.41, 5.74) is 0.663. The number of halogens is 3. The molecule has 100 valence electrons. The molecule has 1 heterocycles. The maximum absolute atomic E-state index is 11.9. The molecule has 0 atom stereocenters. The van der Waals surface area contributed by atoms with Crippen molar-refractivity contribution in [3.05, 3.63) is 42.2 Å². The van der Waals surface area contributed by atoms with E-state index in [1.54, 1.807) is 0 Å². The number of aromatic nitrogens is 2. The number of hydrogen-bond acceptors (Lipinski definition) is 3. The predicted octanol–water partition coefficient (Wildman–Crippen LogP) is 2.56. The average molecular weight is 271 g/mol. The quantitative estimate of drug-likeness (QED) is 0.901. The molecule has 2 N–H and O–H groups in total. The zero-order valence-corrected chi connectivity index (χ0v) is 9.36. The highest BCUT2D eigenvalue weighted by molar-refractivity contribution is 6.03. The van der Waals surface area contributed by atoms with Crippen LogP contribution in [0.15, 0.2) is 36.7 Å². The number of ether oxygens (including phenoxy) is 1. The van der Waals surface area contributed by atoms with Gasteiger partial charge in [-0.25, -0.2) is 0 Å². The van der Waals surface area contributed by atoms with Gasteiger partial charge in [0.15, 0.2) is 0 Å². The minimum atomic E-state index is -4.73. The molecule has 19 heavy (non-hydrogen) atoms. The van der Waals surface area contributed by atoms with E-state index in [1.165, 1.54) is 24.5 Å². The summed E-state index contributed by atoms with van der Waals surface area (Å²) in [5, 5.41) is 8.58. The monoisotopic (exact) mass is 271 g/mol. The summed E-state index contributed by atoms with van der Waals surface area (Å²) < 4.78 is 39.5. The molecule has 0 aliphatic rings. The van der Waals surface area contributed by atoms with Crippen LogP contribution in [0, 0.1) is 0 Å². The maximum atomic E-state index is 11.9. The van der Waals surface area contributed by atoms with Gasteiger partial charge < -0.3 is 10.1 Å². The van der Waals surface area contributed by atoms with Crippen molar-refractivity contribution in [2.24, 2.45) is 0 Å². The Morgan fingerprint density at radius 1 is 1.26 bits per heavy atom. The standard InChI is InChI=1S/C11H8F3N3O2/c12-11(13,14)19-9-3-1-8(2-4-9)17-10(18)7-5-15-16-6-7/h1-6H,(H,15,16)(H,17,18). The van der Waals surface area contributed by atoms with Crippen molar-refractivity contribution >= 4 is 11.6 Å². The number of nitrogens with one attached hydrogen (secondary N) is 2. The highest BCUT2D eigenvalue weighted by Crippen LogP contribution is 2.24. The summed E-state index contributed by atoms with van der Waals surface area (Å²) in [6.07, 6.45) is -2.01. The molecule has 0 saturated heterocycles. The van der Waals surface area contributed by atoms with Crippen LogP contribution in [-0.4, -0.2) is 22.5 Å². The lowest BCUT2D eigenvalue weighted by atomic mass is 10.2. The number of anilines is 1. The van der Waals surface area contributed by atoms with Gasteiger partial charge in [0.05, 0.1) is 11.8 Å². The molecule has 1 aromatic carbocycles. The molecule has 0 saturated carbocycles. The lowest BCUT2D eigenvalue weighted by Crippen LogP contribution is -2.17. The third-order valence-electron chi connectivity index (χ3n) is 2.11. The van der Waals surface area contributed by atoms with E-state index in [1.807, 2.05) is 0 Å². The van der Waals surface area contributed by atoms with Crippen LogP contribution in [0.5, 0.6) is 5.75 Å². The van der Waals surface area contributed by atoms with Crippen LogP contribution in [0.2, 0.25) is 0 Å². The fraction of sp³-hybridized carbons (Fsp3) is 0.0909. The lowest BCUT2D eigenvalue weighted by Gasteiger charge is -2.09. The Morgan fingerprint density at radius 3 is 2.47 bits per heavy atom. The molecule has 0 fully saturated rings. The van der Waals surface area contributed by atoms with E-state index in [9.17, 15) is 18.0 Å². The van der Waals surface area contributed by atoms with E-state index >= 15 is 0 Å². The normalized spacial score (nSPS) is 11.1. The van der Waals surface area contributed by atoms with Crippen LogP contribution >= 0.6 is 0 Å². The maximum Gasteiger partial charge on any atom is 0.573 e. The van der Waals surface area contributed by atoms with Crippen molar-refractivity contribution in [2.45, 2.75) is 6.36 Å². The van der Waals surface area contributed by atoms with Crippen molar-refractivity contribution in [2.75, 3.05) is 5.32 Å². The van der Waals surface area contributed by atoms with Gasteiger partial charge in [0, 0.05) is 11.9 Å². The minimum Gasteiger partial charge on any atom is -0.406 e. The van der Waals surface area contributed by atoms with E-state index in [0.717, 1.165) is 12.1 Å². The Morgan fingerprint density at radius 2 is 1.95 bits per heavy atom. The number of carbonyl (C=O) groups excluding carboxylic acids is 1. The highest BCUT2D eigenvalue weighted by Gasteiger charge is 2.30. The molecule has 2 rings (SSSR count). The van der Waals surface area contributed by atoms with Gasteiger partial charge in [0.25, 0.3) is 5.91 Å². The number of amides is 1. The van der Waals surface area contributed by atoms with Gasteiger partial charge >= 0.3 is 6.36 Å². The number of hydrogen-bond donors (Lipinski definition) is 2. The number of benzene rings is 1. The van der Waals surface area contributed by atoms with Crippen LogP contribution in [-0.2, 0) is 0 Å². The van der Waals surface area contributed by atoms with Crippen molar-refractivity contribution in [3.8, 4) is 5.75 Å². The number of alkyl halides is 3. The molecular weight excluding hydrogens is 263 g/mol. The zero-order chi connectivity index (χ0) is 13.9. The van der Waals surface area contributed by atoms with Crippen molar-refractivity contribution in [1.82, 2.24) is 10.2 Å². The Bertz CT molecular complexity index is 550. The topological polar surface area (TPSA) is 67.0 Å². The number of carbonyl (C=O) groups is 1. The van der Waals surface area contributed by atoms with E-state index in [-0.39, 0.29) is 5.75 Å². The van der Waals surface area contributed by atoms with Gasteiger partial charge in [0.2, 0.25) is 0 Å². The van der Waals surface area contributed by atoms with Crippen LogP contribution in [0.1, 0.15) is 10.4 Å². The largest absolute Gasteiger partial charge is 0.573 e.